The van der Waals surface area contributed by atoms with E-state index in [1.807, 2.05) is 24.3 Å². The van der Waals surface area contributed by atoms with Crippen LogP contribution in [-0.2, 0) is 4.79 Å². The van der Waals surface area contributed by atoms with Gasteiger partial charge in [-0.3, -0.25) is 4.79 Å². The molecule has 3 aromatic carbocycles. The van der Waals surface area contributed by atoms with Crippen LogP contribution in [-0.4, -0.2) is 23.6 Å². The van der Waals surface area contributed by atoms with Crippen molar-refractivity contribution in [1.29, 1.82) is 0 Å². The molecule has 126 valence electrons. The first-order valence-electron chi connectivity index (χ1n) is 7.48. The zero-order valence-electron chi connectivity index (χ0n) is 13.0. The highest BCUT2D eigenvalue weighted by Crippen LogP contribution is 2.26. The number of fused-ring (bicyclic) bond motifs is 1. The third-order valence-corrected chi connectivity index (χ3v) is 3.91. The first-order valence-corrected chi connectivity index (χ1v) is 7.85. The Kier molecular flexibility index (Phi) is 4.86. The van der Waals surface area contributed by atoms with Crippen molar-refractivity contribution in [2.45, 2.75) is 0 Å². The second-order valence-corrected chi connectivity index (χ2v) is 5.72. The number of benzene rings is 3. The van der Waals surface area contributed by atoms with E-state index < -0.39 is 11.9 Å². The lowest BCUT2D eigenvalue weighted by atomic mass is 10.1. The monoisotopic (exact) mass is 355 g/mol. The number of halogens is 1. The summed E-state index contributed by atoms with van der Waals surface area (Å²) in [5.41, 5.74) is 0.471. The molecule has 0 fully saturated rings. The predicted octanol–water partition coefficient (Wildman–Crippen LogP) is 4.21. The minimum absolute atomic E-state index is 0.00393. The zero-order valence-corrected chi connectivity index (χ0v) is 13.8. The van der Waals surface area contributed by atoms with Crippen LogP contribution in [0.15, 0.2) is 60.7 Å². The van der Waals surface area contributed by atoms with Gasteiger partial charge in [0.05, 0.1) is 10.7 Å². The van der Waals surface area contributed by atoms with E-state index in [2.05, 4.69) is 5.32 Å². The van der Waals surface area contributed by atoms with Gasteiger partial charge in [0.25, 0.3) is 5.91 Å². The maximum Gasteiger partial charge on any atom is 0.339 e. The number of amides is 1. The Hall–Kier alpha value is -3.05. The fourth-order valence-electron chi connectivity index (χ4n) is 2.40. The van der Waals surface area contributed by atoms with E-state index in [1.54, 1.807) is 30.3 Å². The average molecular weight is 356 g/mol. The molecule has 3 rings (SSSR count). The molecule has 6 heteroatoms. The van der Waals surface area contributed by atoms with Crippen LogP contribution in [0.2, 0.25) is 5.02 Å². The molecule has 0 aliphatic carbocycles. The summed E-state index contributed by atoms with van der Waals surface area (Å²) in [5.74, 6) is -1.41. The number of carbonyl (C=O) groups is 2. The number of carboxylic acid groups (broad SMARTS) is 1. The highest BCUT2D eigenvalue weighted by molar-refractivity contribution is 6.33. The number of nitrogens with one attached hydrogen (secondary N) is 1. The molecule has 3 aromatic rings. The van der Waals surface area contributed by atoms with Crippen LogP contribution >= 0.6 is 11.6 Å². The van der Waals surface area contributed by atoms with Gasteiger partial charge in [-0.1, -0.05) is 48.0 Å². The van der Waals surface area contributed by atoms with Crippen molar-refractivity contribution in [3.05, 3.63) is 71.2 Å². The molecule has 2 N–H and O–H groups in total. The van der Waals surface area contributed by atoms with Crippen molar-refractivity contribution in [3.63, 3.8) is 0 Å². The molecule has 0 heterocycles. The van der Waals surface area contributed by atoms with E-state index >= 15 is 0 Å². The molecule has 25 heavy (non-hydrogen) atoms. The van der Waals surface area contributed by atoms with Gasteiger partial charge < -0.3 is 15.2 Å². The minimum atomic E-state index is -1.12. The molecular formula is C19H14ClNO4. The highest BCUT2D eigenvalue weighted by atomic mass is 35.5. The molecule has 0 bridgehead atoms. The summed E-state index contributed by atoms with van der Waals surface area (Å²) in [7, 11) is 0. The van der Waals surface area contributed by atoms with Gasteiger partial charge in [0.1, 0.15) is 11.3 Å². The van der Waals surface area contributed by atoms with Crippen LogP contribution in [0.1, 0.15) is 10.4 Å². The van der Waals surface area contributed by atoms with Crippen molar-refractivity contribution in [2.75, 3.05) is 11.9 Å². The number of ether oxygens (including phenoxy) is 1. The summed E-state index contributed by atoms with van der Waals surface area (Å²) >= 11 is 5.98. The van der Waals surface area contributed by atoms with Crippen LogP contribution in [0.5, 0.6) is 5.75 Å². The molecule has 0 saturated heterocycles. The van der Waals surface area contributed by atoms with Crippen molar-refractivity contribution >= 4 is 39.9 Å². The number of anilines is 1. The van der Waals surface area contributed by atoms with Gasteiger partial charge in [-0.15, -0.1) is 0 Å². The normalized spacial score (nSPS) is 10.4. The van der Waals surface area contributed by atoms with Crippen molar-refractivity contribution in [1.82, 2.24) is 0 Å². The zero-order chi connectivity index (χ0) is 17.8. The second kappa shape index (κ2) is 7.23. The third kappa shape index (κ3) is 3.89. The Morgan fingerprint density at radius 1 is 1.00 bits per heavy atom. The number of carboxylic acids is 1. The summed E-state index contributed by atoms with van der Waals surface area (Å²) in [5, 5.41) is 14.0. The van der Waals surface area contributed by atoms with E-state index in [4.69, 9.17) is 16.3 Å². The summed E-state index contributed by atoms with van der Waals surface area (Å²) in [4.78, 5) is 23.5. The summed E-state index contributed by atoms with van der Waals surface area (Å²) < 4.78 is 5.44. The summed E-state index contributed by atoms with van der Waals surface area (Å²) in [6.07, 6.45) is 0. The van der Waals surface area contributed by atoms with Gasteiger partial charge in [-0.2, -0.15) is 0 Å². The fourth-order valence-corrected chi connectivity index (χ4v) is 2.58. The molecule has 0 spiro atoms. The van der Waals surface area contributed by atoms with E-state index in [-0.39, 0.29) is 17.9 Å². The van der Waals surface area contributed by atoms with Gasteiger partial charge in [0.2, 0.25) is 0 Å². The molecule has 0 radical (unpaired) electrons. The first-order chi connectivity index (χ1) is 12.0. The molecule has 0 aromatic heterocycles. The maximum absolute atomic E-state index is 12.0. The Morgan fingerprint density at radius 3 is 2.32 bits per heavy atom. The number of aromatic carboxylic acids is 1. The SMILES string of the molecule is O=C(COc1cc2ccccc2cc1C(=O)O)Nc1ccccc1Cl. The molecule has 0 saturated carbocycles. The van der Waals surface area contributed by atoms with Crippen molar-refractivity contribution in [2.24, 2.45) is 0 Å². The van der Waals surface area contributed by atoms with Crippen LogP contribution in [0.25, 0.3) is 10.8 Å². The van der Waals surface area contributed by atoms with Crippen LogP contribution < -0.4 is 10.1 Å². The Balaban J connectivity index is 1.78. The van der Waals surface area contributed by atoms with Crippen LogP contribution in [0.4, 0.5) is 5.69 Å². The lowest BCUT2D eigenvalue weighted by Gasteiger charge is -2.11. The quantitative estimate of drug-likeness (QED) is 0.718. The molecule has 5 nitrogen and oxygen atoms in total. The standard InChI is InChI=1S/C19H14ClNO4/c20-15-7-3-4-8-16(15)21-18(22)11-25-17-10-13-6-2-1-5-12(13)9-14(17)19(23)24/h1-10H,11H2,(H,21,22)(H,23,24). The molecule has 0 aliphatic heterocycles. The largest absolute Gasteiger partial charge is 0.483 e. The molecule has 0 aliphatic rings. The van der Waals surface area contributed by atoms with Crippen molar-refractivity contribution < 1.29 is 19.4 Å². The fraction of sp³-hybridized carbons (Fsp3) is 0.0526. The number of hydrogen-bond acceptors (Lipinski definition) is 3. The van der Waals surface area contributed by atoms with Gasteiger partial charge in [-0.05, 0) is 35.0 Å². The van der Waals surface area contributed by atoms with E-state index in [1.165, 1.54) is 6.07 Å². The van der Waals surface area contributed by atoms with E-state index in [0.29, 0.717) is 10.7 Å². The number of carbonyl (C=O) groups excluding carboxylic acids is 1. The van der Waals surface area contributed by atoms with Gasteiger partial charge in [0, 0.05) is 0 Å². The maximum atomic E-state index is 12.0. The van der Waals surface area contributed by atoms with Crippen LogP contribution in [0.3, 0.4) is 0 Å². The Morgan fingerprint density at radius 2 is 1.64 bits per heavy atom. The number of rotatable bonds is 5. The molecule has 1 amide bonds. The van der Waals surface area contributed by atoms with E-state index in [9.17, 15) is 14.7 Å². The molecule has 0 atom stereocenters. The number of hydrogen-bond donors (Lipinski definition) is 2. The lowest BCUT2D eigenvalue weighted by Crippen LogP contribution is -2.21. The minimum Gasteiger partial charge on any atom is -0.483 e. The van der Waals surface area contributed by atoms with Gasteiger partial charge in [0.15, 0.2) is 6.61 Å². The predicted molar refractivity (Wildman–Crippen MR) is 96.5 cm³/mol. The van der Waals surface area contributed by atoms with E-state index in [0.717, 1.165) is 10.8 Å². The Bertz CT molecular complexity index is 955. The van der Waals surface area contributed by atoms with Gasteiger partial charge in [-0.25, -0.2) is 4.79 Å². The summed E-state index contributed by atoms with van der Waals surface area (Å²) in [6.45, 7) is -0.330. The average Bonchev–Trinajstić information content (AvgIpc) is 2.61. The van der Waals surface area contributed by atoms with Gasteiger partial charge >= 0.3 is 5.97 Å². The lowest BCUT2D eigenvalue weighted by molar-refractivity contribution is -0.118. The van der Waals surface area contributed by atoms with Crippen molar-refractivity contribution in [3.8, 4) is 5.75 Å². The second-order valence-electron chi connectivity index (χ2n) is 5.32. The highest BCUT2D eigenvalue weighted by Gasteiger charge is 2.14. The third-order valence-electron chi connectivity index (χ3n) is 3.59. The smallest absolute Gasteiger partial charge is 0.339 e. The molecular weight excluding hydrogens is 342 g/mol. The topological polar surface area (TPSA) is 75.6 Å². The summed E-state index contributed by atoms with van der Waals surface area (Å²) in [6, 6.07) is 17.3. The molecule has 0 unspecified atom stereocenters. The van der Waals surface area contributed by atoms with Crippen LogP contribution in [0, 0.1) is 0 Å². The Labute approximate surface area is 148 Å². The number of para-hydroxylation sites is 1. The first kappa shape index (κ1) is 16.8.